The molecule has 0 aliphatic heterocycles. The molecular formula is C21H25N5O3. The molecule has 2 aromatic heterocycles. The van der Waals surface area contributed by atoms with Crippen LogP contribution in [-0.2, 0) is 6.54 Å². The van der Waals surface area contributed by atoms with E-state index in [4.69, 9.17) is 9.47 Å². The van der Waals surface area contributed by atoms with Crippen LogP contribution >= 0.6 is 0 Å². The largest absolute Gasteiger partial charge is 0.497 e. The molecule has 0 radical (unpaired) electrons. The first-order valence-electron chi connectivity index (χ1n) is 9.24. The van der Waals surface area contributed by atoms with Crippen molar-refractivity contribution in [2.24, 2.45) is 0 Å². The summed E-state index contributed by atoms with van der Waals surface area (Å²) in [6.07, 6.45) is 4.04. The van der Waals surface area contributed by atoms with Gasteiger partial charge in [-0.2, -0.15) is 4.98 Å². The first-order valence-corrected chi connectivity index (χ1v) is 9.24. The maximum absolute atomic E-state index is 9.60. The number of fused-ring (bicyclic) bond motifs is 1. The average Bonchev–Trinajstić information content (AvgIpc) is 2.77. The van der Waals surface area contributed by atoms with E-state index >= 15 is 0 Å². The van der Waals surface area contributed by atoms with Gasteiger partial charge in [-0.3, -0.25) is 4.98 Å². The fraction of sp³-hybridized carbons (Fsp3) is 0.286. The molecule has 0 aliphatic carbocycles. The van der Waals surface area contributed by atoms with Crippen molar-refractivity contribution < 1.29 is 14.6 Å². The highest BCUT2D eigenvalue weighted by molar-refractivity contribution is 5.86. The number of ether oxygens (including phenoxy) is 2. The molecule has 0 saturated heterocycles. The Hall–Kier alpha value is -3.39. The molecule has 3 N–H and O–H groups in total. The van der Waals surface area contributed by atoms with Crippen LogP contribution in [0.15, 0.2) is 49.2 Å². The Morgan fingerprint density at radius 1 is 1.21 bits per heavy atom. The Labute approximate surface area is 169 Å². The van der Waals surface area contributed by atoms with E-state index < -0.39 is 0 Å². The van der Waals surface area contributed by atoms with Gasteiger partial charge in [0.15, 0.2) is 5.82 Å². The maximum atomic E-state index is 9.60. The zero-order valence-electron chi connectivity index (χ0n) is 16.6. The number of nitrogens with zero attached hydrogens (tertiary/aromatic N) is 3. The number of hydrogen-bond donors (Lipinski definition) is 3. The normalized spacial score (nSPS) is 11.7. The van der Waals surface area contributed by atoms with Crippen LogP contribution < -0.4 is 20.1 Å². The lowest BCUT2D eigenvalue weighted by Crippen LogP contribution is -2.24. The summed E-state index contributed by atoms with van der Waals surface area (Å²) in [5, 5.41) is 16.1. The Kier molecular flexibility index (Phi) is 6.80. The van der Waals surface area contributed by atoms with Crippen LogP contribution in [0.1, 0.15) is 12.0 Å². The predicted octanol–water partition coefficient (Wildman–Crippen LogP) is 3.00. The van der Waals surface area contributed by atoms with Crippen molar-refractivity contribution in [3.05, 3.63) is 54.7 Å². The van der Waals surface area contributed by atoms with E-state index in [1.54, 1.807) is 26.5 Å². The van der Waals surface area contributed by atoms with Gasteiger partial charge in [-0.05, 0) is 30.7 Å². The molecule has 29 heavy (non-hydrogen) atoms. The fourth-order valence-electron chi connectivity index (χ4n) is 2.89. The minimum absolute atomic E-state index is 0.0455. The molecule has 152 valence electrons. The van der Waals surface area contributed by atoms with Crippen molar-refractivity contribution in [2.75, 3.05) is 31.5 Å². The lowest BCUT2D eigenvalue weighted by molar-refractivity contribution is 0.275. The van der Waals surface area contributed by atoms with Crippen LogP contribution in [0.4, 0.5) is 11.8 Å². The molecule has 1 atom stereocenters. The summed E-state index contributed by atoms with van der Waals surface area (Å²) >= 11 is 0. The maximum Gasteiger partial charge on any atom is 0.225 e. The number of rotatable bonds is 10. The molecule has 0 saturated carbocycles. The van der Waals surface area contributed by atoms with Crippen LogP contribution in [-0.4, -0.2) is 46.9 Å². The number of aliphatic hydroxyl groups excluding tert-OH is 1. The van der Waals surface area contributed by atoms with Gasteiger partial charge >= 0.3 is 0 Å². The van der Waals surface area contributed by atoms with Crippen LogP contribution in [0.25, 0.3) is 11.0 Å². The van der Waals surface area contributed by atoms with Gasteiger partial charge in [-0.15, -0.1) is 6.58 Å². The topological polar surface area (TPSA) is 101 Å². The van der Waals surface area contributed by atoms with E-state index in [9.17, 15) is 5.11 Å². The molecule has 8 heteroatoms. The number of benzene rings is 1. The van der Waals surface area contributed by atoms with Crippen molar-refractivity contribution in [1.29, 1.82) is 0 Å². The molecule has 0 fully saturated rings. The third-order valence-electron chi connectivity index (χ3n) is 4.40. The number of anilines is 2. The van der Waals surface area contributed by atoms with Gasteiger partial charge in [-0.25, -0.2) is 4.98 Å². The minimum atomic E-state index is -0.206. The van der Waals surface area contributed by atoms with Crippen molar-refractivity contribution in [3.8, 4) is 11.5 Å². The Morgan fingerprint density at radius 3 is 2.79 bits per heavy atom. The number of nitrogens with one attached hydrogen (secondary N) is 2. The summed E-state index contributed by atoms with van der Waals surface area (Å²) in [4.78, 5) is 13.5. The summed E-state index contributed by atoms with van der Waals surface area (Å²) in [5.74, 6) is 2.44. The predicted molar refractivity (Wildman–Crippen MR) is 114 cm³/mol. The van der Waals surface area contributed by atoms with Crippen molar-refractivity contribution >= 4 is 22.8 Å². The smallest absolute Gasteiger partial charge is 0.225 e. The van der Waals surface area contributed by atoms with E-state index in [1.165, 1.54) is 0 Å². The minimum Gasteiger partial charge on any atom is -0.497 e. The summed E-state index contributed by atoms with van der Waals surface area (Å²) in [6.45, 7) is 4.15. The lowest BCUT2D eigenvalue weighted by Gasteiger charge is -2.17. The third-order valence-corrected chi connectivity index (χ3v) is 4.40. The molecule has 0 aliphatic rings. The molecule has 1 aromatic carbocycles. The van der Waals surface area contributed by atoms with Gasteiger partial charge in [0, 0.05) is 24.4 Å². The molecule has 3 rings (SSSR count). The molecule has 8 nitrogen and oxygen atoms in total. The van der Waals surface area contributed by atoms with E-state index in [0.717, 1.165) is 11.3 Å². The van der Waals surface area contributed by atoms with E-state index in [1.807, 2.05) is 30.3 Å². The number of aromatic nitrogens is 3. The number of methoxy groups -OCH3 is 2. The zero-order valence-corrected chi connectivity index (χ0v) is 16.6. The van der Waals surface area contributed by atoms with Gasteiger partial charge in [-0.1, -0.05) is 6.08 Å². The van der Waals surface area contributed by atoms with Gasteiger partial charge in [0.1, 0.15) is 17.0 Å². The third kappa shape index (κ3) is 4.91. The van der Waals surface area contributed by atoms with Gasteiger partial charge in [0.25, 0.3) is 0 Å². The molecule has 3 aromatic rings. The van der Waals surface area contributed by atoms with Crippen molar-refractivity contribution in [3.63, 3.8) is 0 Å². The highest BCUT2D eigenvalue weighted by Crippen LogP contribution is 2.26. The van der Waals surface area contributed by atoms with Crippen LogP contribution in [0.5, 0.6) is 11.5 Å². The summed E-state index contributed by atoms with van der Waals surface area (Å²) in [5.41, 5.74) is 2.28. The molecule has 0 spiro atoms. The average molecular weight is 395 g/mol. The summed E-state index contributed by atoms with van der Waals surface area (Å²) in [7, 11) is 3.23. The molecule has 0 amide bonds. The molecule has 0 bridgehead atoms. The standard InChI is InChI=1S/C21H25N5O3/c1-4-6-15(13-27)24-20-19-17(7-5-10-22-19)25-21(26-20)23-12-14-8-9-16(28-2)11-18(14)29-3/h4-5,7-11,15,27H,1,6,12-13H2,2-3H3,(H2,23,24,25,26)/t15-/m1/s1. The second-order valence-electron chi connectivity index (χ2n) is 6.35. The van der Waals surface area contributed by atoms with Crippen molar-refractivity contribution in [2.45, 2.75) is 19.0 Å². The quantitative estimate of drug-likeness (QED) is 0.450. The monoisotopic (exact) mass is 395 g/mol. The summed E-state index contributed by atoms with van der Waals surface area (Å²) in [6, 6.07) is 9.12. The first-order chi connectivity index (χ1) is 14.2. The highest BCUT2D eigenvalue weighted by atomic mass is 16.5. The van der Waals surface area contributed by atoms with Gasteiger partial charge < -0.3 is 25.2 Å². The van der Waals surface area contributed by atoms with Gasteiger partial charge in [0.2, 0.25) is 5.95 Å². The second kappa shape index (κ2) is 9.70. The first kappa shape index (κ1) is 20.3. The molecular weight excluding hydrogens is 370 g/mol. The Balaban J connectivity index is 1.87. The van der Waals surface area contributed by atoms with Crippen molar-refractivity contribution in [1.82, 2.24) is 15.0 Å². The van der Waals surface area contributed by atoms with Gasteiger partial charge in [0.05, 0.1) is 32.4 Å². The molecule has 2 heterocycles. The van der Waals surface area contributed by atoms with E-state index in [-0.39, 0.29) is 12.6 Å². The lowest BCUT2D eigenvalue weighted by atomic mass is 10.2. The van der Waals surface area contributed by atoms with E-state index in [2.05, 4.69) is 32.2 Å². The van der Waals surface area contributed by atoms with Crippen LogP contribution in [0.2, 0.25) is 0 Å². The van der Waals surface area contributed by atoms with Crippen LogP contribution in [0, 0.1) is 0 Å². The number of pyridine rings is 1. The fourth-order valence-corrected chi connectivity index (χ4v) is 2.89. The summed E-state index contributed by atoms with van der Waals surface area (Å²) < 4.78 is 10.7. The van der Waals surface area contributed by atoms with E-state index in [0.29, 0.717) is 41.5 Å². The Bertz CT molecular complexity index is 980. The highest BCUT2D eigenvalue weighted by Gasteiger charge is 2.13. The number of aliphatic hydroxyl groups is 1. The van der Waals surface area contributed by atoms with Crippen LogP contribution in [0.3, 0.4) is 0 Å². The number of hydrogen-bond acceptors (Lipinski definition) is 8. The Morgan fingerprint density at radius 2 is 2.07 bits per heavy atom. The molecule has 0 unspecified atom stereocenters. The second-order valence-corrected chi connectivity index (χ2v) is 6.35. The zero-order chi connectivity index (χ0) is 20.6. The SMILES string of the molecule is C=CC[C@H](CO)Nc1nc(NCc2ccc(OC)cc2OC)nc2cccnc12.